The third kappa shape index (κ3) is 3.79. The Balaban J connectivity index is 3.07. The normalized spacial score (nSPS) is 13.8. The molecule has 15 heavy (non-hydrogen) atoms. The highest BCUT2D eigenvalue weighted by molar-refractivity contribution is 8.13. The molecule has 0 radical (unpaired) electrons. The number of halogens is 1. The van der Waals surface area contributed by atoms with Crippen LogP contribution in [0.25, 0.3) is 0 Å². The average Bonchev–Trinajstić information content (AvgIpc) is 2.15. The lowest BCUT2D eigenvalue weighted by molar-refractivity contribution is 0.0950. The Labute approximate surface area is 92.5 Å². The van der Waals surface area contributed by atoms with E-state index in [1.807, 2.05) is 0 Å². The van der Waals surface area contributed by atoms with E-state index in [1.165, 1.54) is 0 Å². The van der Waals surface area contributed by atoms with Crippen LogP contribution >= 0.6 is 10.7 Å². The Kier molecular flexibility index (Phi) is 4.10. The monoisotopic (exact) mass is 250 g/mol. The van der Waals surface area contributed by atoms with Crippen LogP contribution in [0, 0.1) is 0 Å². The van der Waals surface area contributed by atoms with E-state index < -0.39 is 21.8 Å². The van der Waals surface area contributed by atoms with Crippen LogP contribution in [-0.4, -0.2) is 25.2 Å². The lowest BCUT2D eigenvalue weighted by atomic mass is 10.0. The molecule has 0 aliphatic rings. The van der Waals surface area contributed by atoms with E-state index in [0.29, 0.717) is 11.1 Å². The van der Waals surface area contributed by atoms with Gasteiger partial charge in [0.2, 0.25) is 9.05 Å². The Morgan fingerprint density at radius 3 is 2.47 bits per heavy atom. The quantitative estimate of drug-likeness (QED) is 0.775. The first-order valence-electron chi connectivity index (χ1n) is 4.23. The molecule has 0 aliphatic heterocycles. The van der Waals surface area contributed by atoms with Gasteiger partial charge in [-0.1, -0.05) is 24.3 Å². The molecule has 0 heterocycles. The molecule has 2 N–H and O–H groups in total. The van der Waals surface area contributed by atoms with Gasteiger partial charge in [-0.3, -0.25) is 0 Å². The van der Waals surface area contributed by atoms with Crippen LogP contribution in [-0.2, 0) is 14.8 Å². The summed E-state index contributed by atoms with van der Waals surface area (Å²) < 4.78 is 21.8. The standard InChI is InChI=1S/C9H11ClO4S/c10-15(13,14)6-7-3-1-2-4-8(7)9(12)5-11/h1-4,9,11-12H,5-6H2. The van der Waals surface area contributed by atoms with E-state index in [1.54, 1.807) is 24.3 Å². The van der Waals surface area contributed by atoms with Gasteiger partial charge in [0.25, 0.3) is 0 Å². The summed E-state index contributed by atoms with van der Waals surface area (Å²) in [6.07, 6.45) is -1.08. The summed E-state index contributed by atoms with van der Waals surface area (Å²) in [5.74, 6) is -0.359. The first-order chi connectivity index (χ1) is 6.94. The predicted molar refractivity (Wildman–Crippen MR) is 57.0 cm³/mol. The number of benzene rings is 1. The van der Waals surface area contributed by atoms with Crippen molar-refractivity contribution in [1.29, 1.82) is 0 Å². The molecule has 6 heteroatoms. The fourth-order valence-electron chi connectivity index (χ4n) is 1.27. The molecule has 0 saturated heterocycles. The maximum atomic E-state index is 10.9. The number of rotatable bonds is 4. The highest BCUT2D eigenvalue weighted by atomic mass is 35.7. The molecule has 84 valence electrons. The van der Waals surface area contributed by atoms with E-state index in [2.05, 4.69) is 0 Å². The summed E-state index contributed by atoms with van der Waals surface area (Å²) in [5, 5.41) is 18.2. The first-order valence-corrected chi connectivity index (χ1v) is 6.71. The third-order valence-corrected chi connectivity index (χ3v) is 2.90. The fourth-order valence-corrected chi connectivity index (χ4v) is 2.26. The van der Waals surface area contributed by atoms with Gasteiger partial charge in [-0.2, -0.15) is 0 Å². The van der Waals surface area contributed by atoms with Crippen molar-refractivity contribution < 1.29 is 18.6 Å². The highest BCUT2D eigenvalue weighted by Gasteiger charge is 2.15. The molecule has 0 spiro atoms. The van der Waals surface area contributed by atoms with Crippen LogP contribution in [0.1, 0.15) is 17.2 Å². The van der Waals surface area contributed by atoms with Gasteiger partial charge in [-0.05, 0) is 11.1 Å². The van der Waals surface area contributed by atoms with E-state index in [9.17, 15) is 13.5 Å². The summed E-state index contributed by atoms with van der Waals surface area (Å²) in [6.45, 7) is -0.459. The Bertz CT molecular complexity index is 429. The molecule has 1 unspecified atom stereocenters. The van der Waals surface area contributed by atoms with E-state index >= 15 is 0 Å². The molecule has 4 nitrogen and oxygen atoms in total. The maximum Gasteiger partial charge on any atom is 0.236 e. The van der Waals surface area contributed by atoms with Gasteiger partial charge < -0.3 is 10.2 Å². The molecule has 0 bridgehead atoms. The van der Waals surface area contributed by atoms with Gasteiger partial charge >= 0.3 is 0 Å². The van der Waals surface area contributed by atoms with Crippen molar-refractivity contribution >= 4 is 19.7 Å². The number of aliphatic hydroxyl groups is 2. The minimum atomic E-state index is -3.66. The second-order valence-corrected chi connectivity index (χ2v) is 5.86. The Morgan fingerprint density at radius 1 is 1.33 bits per heavy atom. The van der Waals surface area contributed by atoms with Crippen molar-refractivity contribution in [2.45, 2.75) is 11.9 Å². The second-order valence-electron chi connectivity index (χ2n) is 3.08. The van der Waals surface area contributed by atoms with Gasteiger partial charge in [0.05, 0.1) is 12.4 Å². The van der Waals surface area contributed by atoms with Gasteiger partial charge in [0.1, 0.15) is 6.10 Å². The summed E-state index contributed by atoms with van der Waals surface area (Å²) in [6, 6.07) is 6.40. The van der Waals surface area contributed by atoms with Crippen molar-refractivity contribution in [3.8, 4) is 0 Å². The zero-order valence-corrected chi connectivity index (χ0v) is 9.37. The van der Waals surface area contributed by atoms with Crippen molar-refractivity contribution in [2.24, 2.45) is 0 Å². The molecular weight excluding hydrogens is 240 g/mol. The number of aliphatic hydroxyl groups excluding tert-OH is 2. The zero-order valence-electron chi connectivity index (χ0n) is 7.80. The number of hydrogen-bond acceptors (Lipinski definition) is 4. The molecule has 0 aliphatic carbocycles. The van der Waals surface area contributed by atoms with Crippen LogP contribution < -0.4 is 0 Å². The fraction of sp³-hybridized carbons (Fsp3) is 0.333. The molecule has 1 atom stereocenters. The number of hydrogen-bond donors (Lipinski definition) is 2. The van der Waals surface area contributed by atoms with Crippen LogP contribution in [0.5, 0.6) is 0 Å². The summed E-state index contributed by atoms with van der Waals surface area (Å²) >= 11 is 0. The predicted octanol–water partition coefficient (Wildman–Crippen LogP) is 0.781. The molecule has 0 amide bonds. The molecule has 0 fully saturated rings. The lowest BCUT2D eigenvalue weighted by Gasteiger charge is -2.12. The van der Waals surface area contributed by atoms with E-state index in [4.69, 9.17) is 15.8 Å². The van der Waals surface area contributed by atoms with Crippen LogP contribution in [0.15, 0.2) is 24.3 Å². The third-order valence-electron chi connectivity index (χ3n) is 1.91. The van der Waals surface area contributed by atoms with E-state index in [0.717, 1.165) is 0 Å². The van der Waals surface area contributed by atoms with Crippen LogP contribution in [0.4, 0.5) is 0 Å². The molecule has 1 rings (SSSR count). The molecule has 0 aromatic heterocycles. The van der Waals surface area contributed by atoms with Crippen LogP contribution in [0.2, 0.25) is 0 Å². The molecular formula is C9H11ClO4S. The smallest absolute Gasteiger partial charge is 0.236 e. The summed E-state index contributed by atoms with van der Waals surface area (Å²) in [7, 11) is 1.45. The summed E-state index contributed by atoms with van der Waals surface area (Å²) in [5.41, 5.74) is 0.776. The van der Waals surface area contributed by atoms with Gasteiger partial charge in [-0.15, -0.1) is 0 Å². The molecule has 1 aromatic rings. The minimum absolute atomic E-state index is 0.359. The van der Waals surface area contributed by atoms with Crippen molar-refractivity contribution in [3.63, 3.8) is 0 Å². The van der Waals surface area contributed by atoms with Gasteiger partial charge in [0.15, 0.2) is 0 Å². The van der Waals surface area contributed by atoms with Gasteiger partial charge in [0, 0.05) is 10.7 Å². The SMILES string of the molecule is O=S(=O)(Cl)Cc1ccccc1C(O)CO. The minimum Gasteiger partial charge on any atom is -0.393 e. The lowest BCUT2D eigenvalue weighted by Crippen LogP contribution is -2.08. The topological polar surface area (TPSA) is 74.6 Å². The van der Waals surface area contributed by atoms with E-state index in [-0.39, 0.29) is 5.75 Å². The van der Waals surface area contributed by atoms with Crippen molar-refractivity contribution in [1.82, 2.24) is 0 Å². The van der Waals surface area contributed by atoms with Gasteiger partial charge in [-0.25, -0.2) is 8.42 Å². The maximum absolute atomic E-state index is 10.9. The Morgan fingerprint density at radius 2 is 1.93 bits per heavy atom. The largest absolute Gasteiger partial charge is 0.393 e. The summed E-state index contributed by atoms with van der Waals surface area (Å²) in [4.78, 5) is 0. The van der Waals surface area contributed by atoms with Crippen molar-refractivity contribution in [2.75, 3.05) is 6.61 Å². The van der Waals surface area contributed by atoms with Crippen molar-refractivity contribution in [3.05, 3.63) is 35.4 Å². The average molecular weight is 251 g/mol. The molecule has 1 aromatic carbocycles. The second kappa shape index (κ2) is 4.94. The first kappa shape index (κ1) is 12.4. The highest BCUT2D eigenvalue weighted by Crippen LogP contribution is 2.20. The zero-order chi connectivity index (χ0) is 11.5. The molecule has 0 saturated carbocycles. The van der Waals surface area contributed by atoms with Crippen LogP contribution in [0.3, 0.4) is 0 Å². The Hall–Kier alpha value is -0.620.